The van der Waals surface area contributed by atoms with Gasteiger partial charge in [0.15, 0.2) is 23.2 Å². The summed E-state index contributed by atoms with van der Waals surface area (Å²) in [6, 6.07) is 6.72. The van der Waals surface area contributed by atoms with Crippen molar-refractivity contribution < 1.29 is 32.3 Å². The van der Waals surface area contributed by atoms with E-state index in [-0.39, 0.29) is 23.0 Å². The molecule has 5 rings (SSSR count). The number of hydrogen-bond acceptors (Lipinski definition) is 8. The summed E-state index contributed by atoms with van der Waals surface area (Å²) in [7, 11) is 3.03. The maximum Gasteiger partial charge on any atom is 0.322 e. The molecule has 1 unspecified atom stereocenters. The van der Waals surface area contributed by atoms with E-state index in [1.807, 2.05) is 0 Å². The lowest BCUT2D eigenvalue weighted by atomic mass is 10.1. The van der Waals surface area contributed by atoms with Crippen LogP contribution in [0.2, 0.25) is 0 Å². The van der Waals surface area contributed by atoms with Crippen LogP contribution in [0.1, 0.15) is 41.6 Å². The molecule has 4 heterocycles. The summed E-state index contributed by atoms with van der Waals surface area (Å²) in [5, 5.41) is 7.56. The first-order valence-electron chi connectivity index (χ1n) is 12.0. The van der Waals surface area contributed by atoms with Crippen LogP contribution in [0.4, 0.5) is 19.4 Å². The van der Waals surface area contributed by atoms with Crippen molar-refractivity contribution in [1.29, 1.82) is 0 Å². The molecule has 4 amide bonds. The third-order valence-electron chi connectivity index (χ3n) is 5.86. The second kappa shape index (κ2) is 11.8. The highest BCUT2D eigenvalue weighted by Crippen LogP contribution is 2.30. The number of fused-ring (bicyclic) bond motifs is 2. The molecule has 2 aromatic heterocycles. The third-order valence-corrected chi connectivity index (χ3v) is 5.86. The Hall–Kier alpha value is -5.07. The fourth-order valence-electron chi connectivity index (χ4n) is 4.04. The van der Waals surface area contributed by atoms with Gasteiger partial charge in [-0.3, -0.25) is 19.9 Å². The van der Waals surface area contributed by atoms with Gasteiger partial charge in [-0.05, 0) is 43.7 Å². The predicted molar refractivity (Wildman–Crippen MR) is 143 cm³/mol. The lowest BCUT2D eigenvalue weighted by Crippen LogP contribution is -2.22. The van der Waals surface area contributed by atoms with E-state index in [0.717, 1.165) is 11.8 Å². The van der Waals surface area contributed by atoms with Crippen molar-refractivity contribution in [2.24, 2.45) is 4.99 Å². The standard InChI is InChI=1S/C17H16FN5O3.C10H10FNO2/c1-3-19-8-10(18)6-9(2)20-14-5-4-12-11(21-14)7-13(26-12)15-16(24)23-17(25)22-15;1-12-5-6-3-4-7(14-2)9(11)8(6)10(12)13/h3-8,15H,1-2H3,(H,20,21)(H2,22,23,24,25);3-4H,5H2,1-2H3/b9-6+,10-8+,19-3?;. The number of pyridine rings is 1. The minimum atomic E-state index is -0.881. The minimum absolute atomic E-state index is 0.118. The van der Waals surface area contributed by atoms with Crippen LogP contribution in [0.5, 0.6) is 5.75 Å². The molecule has 3 N–H and O–H groups in total. The molecule has 0 spiro atoms. The number of hydrogen-bond donors (Lipinski definition) is 3. The zero-order valence-corrected chi connectivity index (χ0v) is 22.0. The Morgan fingerprint density at radius 2 is 2.05 bits per heavy atom. The number of aliphatic imine (C=N–C) groups is 1. The molecule has 2 aliphatic heterocycles. The fourth-order valence-corrected chi connectivity index (χ4v) is 4.04. The Balaban J connectivity index is 0.000000222. The van der Waals surface area contributed by atoms with Crippen LogP contribution in [0, 0.1) is 5.82 Å². The highest BCUT2D eigenvalue weighted by atomic mass is 19.1. The average Bonchev–Trinajstić information content (AvgIpc) is 3.57. The highest BCUT2D eigenvalue weighted by molar-refractivity contribution is 6.04. The Morgan fingerprint density at radius 3 is 2.73 bits per heavy atom. The van der Waals surface area contributed by atoms with Gasteiger partial charge in [-0.25, -0.2) is 18.6 Å². The molecule has 1 aromatic carbocycles. The third kappa shape index (κ3) is 5.98. The van der Waals surface area contributed by atoms with Gasteiger partial charge in [-0.1, -0.05) is 6.07 Å². The number of nitrogens with zero attached hydrogens (tertiary/aromatic N) is 3. The van der Waals surface area contributed by atoms with Gasteiger partial charge in [-0.2, -0.15) is 0 Å². The predicted octanol–water partition coefficient (Wildman–Crippen LogP) is 4.35. The number of rotatable bonds is 6. The number of aromatic nitrogens is 1. The van der Waals surface area contributed by atoms with Crippen molar-refractivity contribution in [2.75, 3.05) is 19.5 Å². The monoisotopic (exact) mass is 552 g/mol. The zero-order chi connectivity index (χ0) is 29.0. The maximum atomic E-state index is 13.6. The van der Waals surface area contributed by atoms with Gasteiger partial charge >= 0.3 is 6.03 Å². The van der Waals surface area contributed by atoms with Crippen molar-refractivity contribution in [1.82, 2.24) is 20.5 Å². The molecule has 0 radical (unpaired) electrons. The number of carbonyl (C=O) groups is 3. The van der Waals surface area contributed by atoms with Crippen LogP contribution in [0.3, 0.4) is 0 Å². The van der Waals surface area contributed by atoms with Crippen molar-refractivity contribution in [3.63, 3.8) is 0 Å². The molecule has 0 aliphatic carbocycles. The van der Waals surface area contributed by atoms with Crippen molar-refractivity contribution in [3.8, 4) is 5.75 Å². The first-order chi connectivity index (χ1) is 19.1. The second-order valence-electron chi connectivity index (χ2n) is 8.78. The maximum absolute atomic E-state index is 13.6. The number of methoxy groups -OCH3 is 1. The molecule has 208 valence electrons. The van der Waals surface area contributed by atoms with Gasteiger partial charge in [0.1, 0.15) is 22.9 Å². The molecule has 0 saturated carbocycles. The molecule has 1 fully saturated rings. The quantitative estimate of drug-likeness (QED) is 0.235. The lowest BCUT2D eigenvalue weighted by molar-refractivity contribution is -0.120. The molecule has 13 heteroatoms. The SMILES string of the molecule is CC=N/C=C(F)\C=C(/C)Nc1ccc2oc(C3NC(=O)NC3=O)cc2n1.COc1ccc2c(c1F)C(=O)N(C)C2. The molecule has 0 bridgehead atoms. The molecular formula is C27H26F2N6O5. The van der Waals surface area contributed by atoms with Crippen LogP contribution in [-0.4, -0.2) is 48.1 Å². The van der Waals surface area contributed by atoms with Crippen molar-refractivity contribution >= 4 is 41.0 Å². The summed E-state index contributed by atoms with van der Waals surface area (Å²) < 4.78 is 37.6. The number of furan rings is 1. The van der Waals surface area contributed by atoms with E-state index < -0.39 is 29.6 Å². The smallest absolute Gasteiger partial charge is 0.322 e. The number of allylic oxidation sites excluding steroid dienone is 3. The summed E-state index contributed by atoms with van der Waals surface area (Å²) in [5.74, 6) is -0.939. The summed E-state index contributed by atoms with van der Waals surface area (Å²) in [6.45, 7) is 3.85. The molecule has 11 nitrogen and oxygen atoms in total. The lowest BCUT2D eigenvalue weighted by Gasteiger charge is -2.05. The number of amides is 4. The van der Waals surface area contributed by atoms with Crippen LogP contribution >= 0.6 is 0 Å². The fraction of sp³-hybridized carbons (Fsp3) is 0.222. The van der Waals surface area contributed by atoms with Crippen molar-refractivity contribution in [2.45, 2.75) is 26.4 Å². The van der Waals surface area contributed by atoms with Crippen LogP contribution < -0.4 is 20.7 Å². The summed E-state index contributed by atoms with van der Waals surface area (Å²) >= 11 is 0. The number of benzene rings is 1. The van der Waals surface area contributed by atoms with E-state index in [2.05, 4.69) is 25.9 Å². The number of carbonyl (C=O) groups excluding carboxylic acids is 3. The first-order valence-corrected chi connectivity index (χ1v) is 12.0. The Bertz CT molecular complexity index is 1580. The van der Waals surface area contributed by atoms with E-state index >= 15 is 0 Å². The molecule has 1 saturated heterocycles. The number of nitrogens with one attached hydrogen (secondary N) is 3. The van der Waals surface area contributed by atoms with Gasteiger partial charge in [-0.15, -0.1) is 0 Å². The van der Waals surface area contributed by atoms with E-state index in [9.17, 15) is 23.2 Å². The second-order valence-corrected chi connectivity index (χ2v) is 8.78. The van der Waals surface area contributed by atoms with Gasteiger partial charge in [0, 0.05) is 31.6 Å². The average molecular weight is 553 g/mol. The summed E-state index contributed by atoms with van der Waals surface area (Å²) in [6.07, 6.45) is 3.87. The largest absolute Gasteiger partial charge is 0.494 e. The molecular weight excluding hydrogens is 526 g/mol. The molecule has 40 heavy (non-hydrogen) atoms. The minimum Gasteiger partial charge on any atom is -0.494 e. The van der Waals surface area contributed by atoms with E-state index in [0.29, 0.717) is 29.2 Å². The van der Waals surface area contributed by atoms with Gasteiger partial charge in [0.25, 0.3) is 11.8 Å². The summed E-state index contributed by atoms with van der Waals surface area (Å²) in [4.78, 5) is 44.0. The Kier molecular flexibility index (Phi) is 8.22. The Morgan fingerprint density at radius 1 is 1.27 bits per heavy atom. The van der Waals surface area contributed by atoms with Crippen LogP contribution in [0.25, 0.3) is 11.1 Å². The van der Waals surface area contributed by atoms with Crippen LogP contribution in [-0.2, 0) is 11.3 Å². The number of anilines is 1. The number of urea groups is 1. The van der Waals surface area contributed by atoms with Crippen molar-refractivity contribution in [3.05, 3.63) is 76.8 Å². The first kappa shape index (κ1) is 28.0. The van der Waals surface area contributed by atoms with Crippen LogP contribution in [0.15, 0.2) is 63.5 Å². The van der Waals surface area contributed by atoms with E-state index in [1.54, 1.807) is 51.2 Å². The van der Waals surface area contributed by atoms with Gasteiger partial charge in [0.2, 0.25) is 0 Å². The molecule has 3 aromatic rings. The zero-order valence-electron chi connectivity index (χ0n) is 22.0. The van der Waals surface area contributed by atoms with Gasteiger partial charge in [0.05, 0.1) is 18.9 Å². The molecule has 2 aliphatic rings. The topological polar surface area (TPSA) is 138 Å². The normalized spacial score (nSPS) is 17.1. The van der Waals surface area contributed by atoms with E-state index in [1.165, 1.54) is 24.3 Å². The number of ether oxygens (including phenoxy) is 1. The molecule has 1 atom stereocenters. The van der Waals surface area contributed by atoms with Gasteiger partial charge < -0.3 is 24.7 Å². The Labute approximate surface area is 227 Å². The number of halogens is 2. The van der Waals surface area contributed by atoms with E-state index in [4.69, 9.17) is 9.15 Å². The number of imide groups is 1. The highest BCUT2D eigenvalue weighted by Gasteiger charge is 2.34. The summed E-state index contributed by atoms with van der Waals surface area (Å²) in [5.41, 5.74) is 2.36.